The molecule has 0 saturated heterocycles. The van der Waals surface area contributed by atoms with Gasteiger partial charge in [0.25, 0.3) is 11.5 Å². The molecular weight excluding hydrogens is 362 g/mol. The first-order chi connectivity index (χ1) is 13.1. The average Bonchev–Trinajstić information content (AvgIpc) is 2.69. The second kappa shape index (κ2) is 8.64. The van der Waals surface area contributed by atoms with E-state index in [1.54, 1.807) is 12.1 Å². The Morgan fingerprint density at radius 3 is 2.44 bits per heavy atom. The first-order valence-corrected chi connectivity index (χ1v) is 9.13. The standard InChI is InChI=1S/C21H20ClN3O2/c1-2-18(16-8-10-17(22)11-9-16)23-21(27)19-12-13-20(26)25(24-19)14-15-6-4-3-5-7-15/h3-13,18H,2,14H2,1H3,(H,23,27). The number of benzene rings is 2. The molecule has 0 saturated carbocycles. The van der Waals surface area contributed by atoms with E-state index in [1.807, 2.05) is 49.4 Å². The van der Waals surface area contributed by atoms with Gasteiger partial charge in [-0.3, -0.25) is 9.59 Å². The minimum Gasteiger partial charge on any atom is -0.344 e. The number of carbonyl (C=O) groups excluding carboxylic acids is 1. The lowest BCUT2D eigenvalue weighted by molar-refractivity contribution is 0.0928. The van der Waals surface area contributed by atoms with Gasteiger partial charge in [-0.05, 0) is 35.7 Å². The zero-order valence-electron chi connectivity index (χ0n) is 14.9. The quantitative estimate of drug-likeness (QED) is 0.705. The molecule has 1 amide bonds. The second-order valence-corrected chi connectivity index (χ2v) is 6.62. The van der Waals surface area contributed by atoms with Gasteiger partial charge in [-0.1, -0.05) is 61.0 Å². The maximum Gasteiger partial charge on any atom is 0.272 e. The largest absolute Gasteiger partial charge is 0.344 e. The number of aromatic nitrogens is 2. The molecule has 0 aliphatic rings. The Labute approximate surface area is 162 Å². The number of hydrogen-bond donors (Lipinski definition) is 1. The Morgan fingerprint density at radius 2 is 1.78 bits per heavy atom. The molecule has 1 heterocycles. The fourth-order valence-corrected chi connectivity index (χ4v) is 2.91. The van der Waals surface area contributed by atoms with Gasteiger partial charge in [0.2, 0.25) is 0 Å². The Hall–Kier alpha value is -2.92. The van der Waals surface area contributed by atoms with Crippen LogP contribution in [-0.2, 0) is 6.54 Å². The van der Waals surface area contributed by atoms with Crippen LogP contribution < -0.4 is 10.9 Å². The predicted octanol–water partition coefficient (Wildman–Crippen LogP) is 3.83. The smallest absolute Gasteiger partial charge is 0.272 e. The van der Waals surface area contributed by atoms with E-state index in [9.17, 15) is 9.59 Å². The summed E-state index contributed by atoms with van der Waals surface area (Å²) in [5.74, 6) is -0.321. The van der Waals surface area contributed by atoms with Crippen LogP contribution in [0.2, 0.25) is 5.02 Å². The molecular formula is C21H20ClN3O2. The van der Waals surface area contributed by atoms with E-state index in [0.29, 0.717) is 11.6 Å². The minimum atomic E-state index is -0.321. The number of nitrogens with zero attached hydrogens (tertiary/aromatic N) is 2. The summed E-state index contributed by atoms with van der Waals surface area (Å²) in [6.45, 7) is 2.30. The fourth-order valence-electron chi connectivity index (χ4n) is 2.79. The molecule has 27 heavy (non-hydrogen) atoms. The molecule has 0 aliphatic heterocycles. The summed E-state index contributed by atoms with van der Waals surface area (Å²) in [6.07, 6.45) is 0.719. The van der Waals surface area contributed by atoms with Gasteiger partial charge in [0.1, 0.15) is 5.69 Å². The molecule has 0 fully saturated rings. The van der Waals surface area contributed by atoms with Gasteiger partial charge < -0.3 is 5.32 Å². The lowest BCUT2D eigenvalue weighted by Gasteiger charge is -2.17. The maximum atomic E-state index is 12.7. The van der Waals surface area contributed by atoms with Crippen LogP contribution in [0.1, 0.15) is 41.0 Å². The van der Waals surface area contributed by atoms with Crippen LogP contribution in [0.4, 0.5) is 0 Å². The third-order valence-electron chi connectivity index (χ3n) is 4.26. The van der Waals surface area contributed by atoms with E-state index in [4.69, 9.17) is 11.6 Å². The molecule has 2 aromatic carbocycles. The lowest BCUT2D eigenvalue weighted by Crippen LogP contribution is -2.32. The summed E-state index contributed by atoms with van der Waals surface area (Å²) in [5, 5.41) is 7.85. The Morgan fingerprint density at radius 1 is 1.07 bits per heavy atom. The Bertz CT molecular complexity index is 969. The zero-order chi connectivity index (χ0) is 19.2. The van der Waals surface area contributed by atoms with Crippen molar-refractivity contribution in [2.75, 3.05) is 0 Å². The highest BCUT2D eigenvalue weighted by molar-refractivity contribution is 6.30. The van der Waals surface area contributed by atoms with Gasteiger partial charge in [-0.15, -0.1) is 0 Å². The highest BCUT2D eigenvalue weighted by atomic mass is 35.5. The Balaban J connectivity index is 1.79. The average molecular weight is 382 g/mol. The van der Waals surface area contributed by atoms with Crippen LogP contribution in [0.3, 0.4) is 0 Å². The molecule has 1 atom stereocenters. The van der Waals surface area contributed by atoms with Crippen molar-refractivity contribution >= 4 is 17.5 Å². The van der Waals surface area contributed by atoms with E-state index < -0.39 is 0 Å². The molecule has 1 aromatic heterocycles. The Kier molecular flexibility index (Phi) is 6.04. The predicted molar refractivity (Wildman–Crippen MR) is 106 cm³/mol. The molecule has 3 rings (SSSR count). The number of carbonyl (C=O) groups is 1. The SMILES string of the molecule is CCC(NC(=O)c1ccc(=O)n(Cc2ccccc2)n1)c1ccc(Cl)cc1. The van der Waals surface area contributed by atoms with E-state index >= 15 is 0 Å². The normalized spacial score (nSPS) is 11.8. The zero-order valence-corrected chi connectivity index (χ0v) is 15.7. The second-order valence-electron chi connectivity index (χ2n) is 6.19. The fraction of sp³-hybridized carbons (Fsp3) is 0.190. The van der Waals surface area contributed by atoms with Crippen molar-refractivity contribution < 1.29 is 4.79 Å². The van der Waals surface area contributed by atoms with Crippen molar-refractivity contribution in [3.05, 3.63) is 98.9 Å². The van der Waals surface area contributed by atoms with Crippen molar-refractivity contribution in [2.45, 2.75) is 25.9 Å². The molecule has 0 spiro atoms. The molecule has 0 bridgehead atoms. The van der Waals surface area contributed by atoms with Crippen LogP contribution >= 0.6 is 11.6 Å². The van der Waals surface area contributed by atoms with Crippen LogP contribution in [0.15, 0.2) is 71.5 Å². The summed E-state index contributed by atoms with van der Waals surface area (Å²) < 4.78 is 1.30. The number of nitrogens with one attached hydrogen (secondary N) is 1. The van der Waals surface area contributed by atoms with Crippen molar-refractivity contribution in [2.24, 2.45) is 0 Å². The molecule has 138 valence electrons. The highest BCUT2D eigenvalue weighted by Gasteiger charge is 2.16. The van der Waals surface area contributed by atoms with Crippen LogP contribution in [0.25, 0.3) is 0 Å². The molecule has 0 radical (unpaired) electrons. The van der Waals surface area contributed by atoms with E-state index in [0.717, 1.165) is 17.5 Å². The highest BCUT2D eigenvalue weighted by Crippen LogP contribution is 2.19. The van der Waals surface area contributed by atoms with Crippen molar-refractivity contribution in [1.29, 1.82) is 0 Å². The number of amides is 1. The maximum absolute atomic E-state index is 12.7. The summed E-state index contributed by atoms with van der Waals surface area (Å²) >= 11 is 5.93. The number of halogens is 1. The number of rotatable bonds is 6. The topological polar surface area (TPSA) is 64.0 Å². The number of hydrogen-bond acceptors (Lipinski definition) is 3. The van der Waals surface area contributed by atoms with Gasteiger partial charge in [0.05, 0.1) is 12.6 Å². The van der Waals surface area contributed by atoms with Crippen LogP contribution in [-0.4, -0.2) is 15.7 Å². The summed E-state index contributed by atoms with van der Waals surface area (Å²) in [4.78, 5) is 24.7. The van der Waals surface area contributed by atoms with Crippen LogP contribution in [0.5, 0.6) is 0 Å². The summed E-state index contributed by atoms with van der Waals surface area (Å²) in [7, 11) is 0. The molecule has 1 unspecified atom stereocenters. The third kappa shape index (κ3) is 4.83. The molecule has 0 aliphatic carbocycles. The monoisotopic (exact) mass is 381 g/mol. The molecule has 1 N–H and O–H groups in total. The van der Waals surface area contributed by atoms with E-state index in [1.165, 1.54) is 16.8 Å². The molecule has 6 heteroatoms. The minimum absolute atomic E-state index is 0.161. The third-order valence-corrected chi connectivity index (χ3v) is 4.51. The first kappa shape index (κ1) is 18.9. The molecule has 3 aromatic rings. The van der Waals surface area contributed by atoms with Gasteiger partial charge in [-0.25, -0.2) is 4.68 Å². The van der Waals surface area contributed by atoms with Crippen LogP contribution in [0, 0.1) is 0 Å². The van der Waals surface area contributed by atoms with Gasteiger partial charge >= 0.3 is 0 Å². The summed E-state index contributed by atoms with van der Waals surface area (Å²) in [6, 6.07) is 19.6. The van der Waals surface area contributed by atoms with Crippen molar-refractivity contribution in [1.82, 2.24) is 15.1 Å². The van der Waals surface area contributed by atoms with E-state index in [2.05, 4.69) is 10.4 Å². The van der Waals surface area contributed by atoms with Gasteiger partial charge in [0, 0.05) is 11.1 Å². The van der Waals surface area contributed by atoms with Crippen molar-refractivity contribution in [3.63, 3.8) is 0 Å². The van der Waals surface area contributed by atoms with Crippen molar-refractivity contribution in [3.8, 4) is 0 Å². The van der Waals surface area contributed by atoms with E-state index in [-0.39, 0.29) is 23.2 Å². The molecule has 5 nitrogen and oxygen atoms in total. The summed E-state index contributed by atoms with van der Waals surface area (Å²) in [5.41, 5.74) is 1.86. The first-order valence-electron chi connectivity index (χ1n) is 8.75. The van der Waals surface area contributed by atoms with Gasteiger partial charge in [-0.2, -0.15) is 5.10 Å². The van der Waals surface area contributed by atoms with Gasteiger partial charge in [0.15, 0.2) is 0 Å². The lowest BCUT2D eigenvalue weighted by atomic mass is 10.0.